The molecule has 0 saturated carbocycles. The first-order valence-corrected chi connectivity index (χ1v) is 13.0. The Morgan fingerprint density at radius 3 is 2.56 bits per heavy atom. The average molecular weight is 475 g/mol. The molecular formula is C24H34N4O2S2. The second-order valence-electron chi connectivity index (χ2n) is 8.41. The molecule has 174 valence electrons. The summed E-state index contributed by atoms with van der Waals surface area (Å²) in [5.74, 6) is -0.121. The molecule has 2 aromatic rings. The summed E-state index contributed by atoms with van der Waals surface area (Å²) in [4.78, 5) is 17.6. The number of hydrogen-bond donors (Lipinski definition) is 1. The Morgan fingerprint density at radius 1 is 1.28 bits per heavy atom. The van der Waals surface area contributed by atoms with Crippen LogP contribution in [0.2, 0.25) is 0 Å². The quantitative estimate of drug-likeness (QED) is 0.194. The number of nitrogens with zero attached hydrogens (tertiary/aromatic N) is 3. The van der Waals surface area contributed by atoms with Crippen molar-refractivity contribution in [2.45, 2.75) is 39.5 Å². The van der Waals surface area contributed by atoms with E-state index in [1.165, 1.54) is 31.5 Å². The highest BCUT2D eigenvalue weighted by Crippen LogP contribution is 2.35. The lowest BCUT2D eigenvalue weighted by molar-refractivity contribution is -0.150. The van der Waals surface area contributed by atoms with Crippen LogP contribution in [0.3, 0.4) is 0 Å². The highest BCUT2D eigenvalue weighted by Gasteiger charge is 2.26. The lowest BCUT2D eigenvalue weighted by Crippen LogP contribution is -2.39. The Balaban J connectivity index is 1.53. The third-order valence-electron chi connectivity index (χ3n) is 5.89. The van der Waals surface area contributed by atoms with Crippen LogP contribution in [0.5, 0.6) is 0 Å². The van der Waals surface area contributed by atoms with Crippen LogP contribution in [-0.4, -0.2) is 55.7 Å². The van der Waals surface area contributed by atoms with E-state index >= 15 is 0 Å². The number of rotatable bonds is 11. The van der Waals surface area contributed by atoms with Gasteiger partial charge in [0.25, 0.3) is 0 Å². The summed E-state index contributed by atoms with van der Waals surface area (Å²) in [6.07, 6.45) is 5.98. The molecule has 3 heterocycles. The number of ether oxygens (including phenoxy) is 1. The van der Waals surface area contributed by atoms with Gasteiger partial charge in [0.1, 0.15) is 0 Å². The van der Waals surface area contributed by atoms with Crippen molar-refractivity contribution in [3.63, 3.8) is 0 Å². The highest BCUT2D eigenvalue weighted by atomic mass is 32.1. The van der Waals surface area contributed by atoms with Crippen LogP contribution in [0.4, 0.5) is 0 Å². The fourth-order valence-electron chi connectivity index (χ4n) is 4.06. The molecule has 0 bridgehead atoms. The fraction of sp³-hybridized carbons (Fsp3) is 0.542. The van der Waals surface area contributed by atoms with Gasteiger partial charge in [0.05, 0.1) is 12.5 Å². The van der Waals surface area contributed by atoms with Crippen molar-refractivity contribution in [2.24, 2.45) is 11.1 Å². The van der Waals surface area contributed by atoms with Crippen molar-refractivity contribution < 1.29 is 9.53 Å². The van der Waals surface area contributed by atoms with Crippen molar-refractivity contribution >= 4 is 34.2 Å². The molecule has 0 spiro atoms. The van der Waals surface area contributed by atoms with Crippen molar-refractivity contribution in [3.05, 3.63) is 49.9 Å². The van der Waals surface area contributed by atoms with Crippen molar-refractivity contribution in [1.29, 1.82) is 5.53 Å². The molecule has 0 amide bonds. The van der Waals surface area contributed by atoms with Crippen LogP contribution < -0.4 is 0 Å². The molecule has 3 rings (SSSR count). The summed E-state index contributed by atoms with van der Waals surface area (Å²) in [6.45, 7) is 8.15. The van der Waals surface area contributed by atoms with Crippen LogP contribution in [0.1, 0.15) is 46.6 Å². The van der Waals surface area contributed by atoms with E-state index in [4.69, 9.17) is 10.3 Å². The van der Waals surface area contributed by atoms with E-state index in [0.29, 0.717) is 19.6 Å². The molecule has 0 radical (unpaired) electrons. The van der Waals surface area contributed by atoms with Gasteiger partial charge in [0.2, 0.25) is 0 Å². The number of aryl methyl sites for hydroxylation is 2. The second kappa shape index (κ2) is 12.3. The normalized spacial score (nSPS) is 16.5. The van der Waals surface area contributed by atoms with Crippen LogP contribution in [0, 0.1) is 25.3 Å². The van der Waals surface area contributed by atoms with Crippen LogP contribution >= 0.6 is 22.7 Å². The van der Waals surface area contributed by atoms with Crippen molar-refractivity contribution in [2.75, 3.05) is 39.8 Å². The topological polar surface area (TPSA) is 69.0 Å². The Kier molecular flexibility index (Phi) is 9.44. The highest BCUT2D eigenvalue weighted by molar-refractivity contribution is 7.14. The first-order valence-electron chi connectivity index (χ1n) is 11.3. The SMILES string of the molecule is Cc1ccsc1C(=CCCN1CCC[C@H](C(=O)OCCCN(C)N=N)C1)c1sccc1C. The zero-order valence-corrected chi connectivity index (χ0v) is 20.9. The summed E-state index contributed by atoms with van der Waals surface area (Å²) in [5.41, 5.74) is 10.9. The van der Waals surface area contributed by atoms with E-state index in [-0.39, 0.29) is 11.9 Å². The van der Waals surface area contributed by atoms with Crippen molar-refractivity contribution in [1.82, 2.24) is 9.91 Å². The molecule has 1 N–H and O–H groups in total. The lowest BCUT2D eigenvalue weighted by atomic mass is 9.98. The largest absolute Gasteiger partial charge is 0.465 e. The zero-order valence-electron chi connectivity index (χ0n) is 19.3. The smallest absolute Gasteiger partial charge is 0.310 e. The van der Waals surface area contributed by atoms with Gasteiger partial charge in [-0.1, -0.05) is 11.3 Å². The summed E-state index contributed by atoms with van der Waals surface area (Å²) >= 11 is 3.62. The maximum absolute atomic E-state index is 12.5. The maximum Gasteiger partial charge on any atom is 0.310 e. The summed E-state index contributed by atoms with van der Waals surface area (Å²) in [5, 5.41) is 9.19. The van der Waals surface area contributed by atoms with Gasteiger partial charge in [-0.2, -0.15) is 5.53 Å². The Morgan fingerprint density at radius 2 is 1.97 bits per heavy atom. The molecule has 8 heteroatoms. The third-order valence-corrected chi connectivity index (χ3v) is 7.99. The third kappa shape index (κ3) is 6.73. The van der Waals surface area contributed by atoms with E-state index < -0.39 is 0 Å². The molecule has 0 unspecified atom stereocenters. The van der Waals surface area contributed by atoms with Gasteiger partial charge in [0.15, 0.2) is 0 Å². The molecule has 0 aromatic carbocycles. The fourth-order valence-corrected chi connectivity index (χ4v) is 6.08. The molecule has 32 heavy (non-hydrogen) atoms. The minimum atomic E-state index is -0.0835. The zero-order chi connectivity index (χ0) is 22.9. The number of piperidine rings is 1. The number of esters is 1. The molecule has 1 aliphatic heterocycles. The molecule has 1 fully saturated rings. The van der Waals surface area contributed by atoms with Gasteiger partial charge in [-0.3, -0.25) is 9.80 Å². The minimum Gasteiger partial charge on any atom is -0.465 e. The van der Waals surface area contributed by atoms with E-state index in [1.807, 2.05) is 22.7 Å². The molecule has 6 nitrogen and oxygen atoms in total. The predicted molar refractivity (Wildman–Crippen MR) is 132 cm³/mol. The molecule has 1 aliphatic rings. The minimum absolute atomic E-state index is 0.0372. The van der Waals surface area contributed by atoms with Crippen molar-refractivity contribution in [3.8, 4) is 0 Å². The molecular weight excluding hydrogens is 440 g/mol. The molecule has 1 saturated heterocycles. The predicted octanol–water partition coefficient (Wildman–Crippen LogP) is 5.77. The van der Waals surface area contributed by atoms with Gasteiger partial charge in [0, 0.05) is 48.4 Å². The molecule has 2 aromatic heterocycles. The number of thiophene rings is 2. The standard InChI is InChI=1S/C24H34N4O2S2/c1-18-9-15-31-22(18)21(23-19(2)10-16-32-23)8-5-13-28-12-4-7-20(17-28)24(29)30-14-6-11-27(3)26-25/h8-10,15-16,20,25H,4-7,11-14,17H2,1-3H3/t20-/m0/s1. The van der Waals surface area contributed by atoms with E-state index in [9.17, 15) is 4.79 Å². The van der Waals surface area contributed by atoms with Gasteiger partial charge < -0.3 is 9.64 Å². The lowest BCUT2D eigenvalue weighted by Gasteiger charge is -2.31. The van der Waals surface area contributed by atoms with E-state index in [1.54, 1.807) is 7.05 Å². The monoisotopic (exact) mass is 474 g/mol. The van der Waals surface area contributed by atoms with Gasteiger partial charge >= 0.3 is 5.97 Å². The van der Waals surface area contributed by atoms with Crippen LogP contribution in [0.15, 0.2) is 34.2 Å². The average Bonchev–Trinajstić information content (AvgIpc) is 3.42. The second-order valence-corrected chi connectivity index (χ2v) is 10.2. The van der Waals surface area contributed by atoms with E-state index in [2.05, 4.69) is 52.9 Å². The first kappa shape index (κ1) is 24.6. The van der Waals surface area contributed by atoms with Gasteiger partial charge in [-0.05, 0) is 73.7 Å². The maximum atomic E-state index is 12.5. The number of carbonyl (C=O) groups excluding carboxylic acids is 1. The number of nitrogens with one attached hydrogen (secondary N) is 1. The Labute approximate surface area is 199 Å². The van der Waals surface area contributed by atoms with Crippen LogP contribution in [0.25, 0.3) is 5.57 Å². The number of carbonyl (C=O) groups is 1. The van der Waals surface area contributed by atoms with E-state index in [0.717, 1.165) is 38.9 Å². The summed E-state index contributed by atoms with van der Waals surface area (Å²) < 4.78 is 5.49. The Bertz CT molecular complexity index is 879. The molecule has 0 aliphatic carbocycles. The number of likely N-dealkylation sites (tertiary alicyclic amines) is 1. The molecule has 1 atom stereocenters. The van der Waals surface area contributed by atoms with Gasteiger partial charge in [-0.25, -0.2) is 0 Å². The van der Waals surface area contributed by atoms with Crippen LogP contribution in [-0.2, 0) is 9.53 Å². The van der Waals surface area contributed by atoms with Gasteiger partial charge in [-0.15, -0.1) is 22.7 Å². The Hall–Kier alpha value is -2.03. The number of hydrogen-bond acceptors (Lipinski definition) is 7. The summed E-state index contributed by atoms with van der Waals surface area (Å²) in [6, 6.07) is 4.38. The summed E-state index contributed by atoms with van der Waals surface area (Å²) in [7, 11) is 1.74. The first-order chi connectivity index (χ1) is 15.5.